The standard InChI is InChI=1S/C20H30N2O3/c1-20(2,3)19(25)21-12-9-17(23)22-13-10-16(11-14-22)18(24)15-7-5-4-6-8-15/h4-8,16,18,24H,9-14H2,1-3H3,(H,21,25). The van der Waals surface area contributed by atoms with Crippen LogP contribution in [0.25, 0.3) is 0 Å². The Labute approximate surface area is 150 Å². The number of benzene rings is 1. The van der Waals surface area contributed by atoms with E-state index < -0.39 is 11.5 Å². The summed E-state index contributed by atoms with van der Waals surface area (Å²) in [5, 5.41) is 13.3. The Morgan fingerprint density at radius 3 is 2.36 bits per heavy atom. The summed E-state index contributed by atoms with van der Waals surface area (Å²) in [6.07, 6.45) is 1.46. The van der Waals surface area contributed by atoms with Crippen LogP contribution in [0.5, 0.6) is 0 Å². The van der Waals surface area contributed by atoms with E-state index in [9.17, 15) is 14.7 Å². The van der Waals surface area contributed by atoms with Crippen LogP contribution in [0.3, 0.4) is 0 Å². The predicted octanol–water partition coefficient (Wildman–Crippen LogP) is 2.51. The molecule has 0 radical (unpaired) electrons. The van der Waals surface area contributed by atoms with Gasteiger partial charge in [-0.1, -0.05) is 51.1 Å². The van der Waals surface area contributed by atoms with Gasteiger partial charge in [-0.25, -0.2) is 0 Å². The highest BCUT2D eigenvalue weighted by Gasteiger charge is 2.28. The number of piperidine rings is 1. The van der Waals surface area contributed by atoms with Gasteiger partial charge in [-0.15, -0.1) is 0 Å². The van der Waals surface area contributed by atoms with Crippen molar-refractivity contribution in [3.63, 3.8) is 0 Å². The highest BCUT2D eigenvalue weighted by atomic mass is 16.3. The van der Waals surface area contributed by atoms with E-state index in [4.69, 9.17) is 0 Å². The molecule has 1 aliphatic rings. The van der Waals surface area contributed by atoms with Crippen molar-refractivity contribution in [3.05, 3.63) is 35.9 Å². The van der Waals surface area contributed by atoms with Crippen LogP contribution in [0.4, 0.5) is 0 Å². The van der Waals surface area contributed by atoms with Gasteiger partial charge in [-0.3, -0.25) is 9.59 Å². The average Bonchev–Trinajstić information content (AvgIpc) is 2.61. The number of amides is 2. The van der Waals surface area contributed by atoms with Gasteiger partial charge in [0.25, 0.3) is 0 Å². The lowest BCUT2D eigenvalue weighted by molar-refractivity contribution is -0.133. The molecular weight excluding hydrogens is 316 g/mol. The minimum atomic E-state index is -0.468. The molecule has 1 aromatic carbocycles. The Balaban J connectivity index is 1.74. The van der Waals surface area contributed by atoms with E-state index in [0.29, 0.717) is 26.1 Å². The second-order valence-corrected chi connectivity index (χ2v) is 7.83. The molecule has 5 nitrogen and oxygen atoms in total. The van der Waals surface area contributed by atoms with Crippen molar-refractivity contribution in [2.24, 2.45) is 11.3 Å². The number of nitrogens with zero attached hydrogens (tertiary/aromatic N) is 1. The summed E-state index contributed by atoms with van der Waals surface area (Å²) in [6, 6.07) is 9.70. The molecule has 2 amide bonds. The Morgan fingerprint density at radius 1 is 1.20 bits per heavy atom. The van der Waals surface area contributed by atoms with E-state index in [-0.39, 0.29) is 17.7 Å². The Hall–Kier alpha value is -1.88. The maximum Gasteiger partial charge on any atom is 0.225 e. The molecule has 0 aromatic heterocycles. The third-order valence-corrected chi connectivity index (χ3v) is 4.79. The first kappa shape index (κ1) is 19.4. The van der Waals surface area contributed by atoms with Gasteiger partial charge in [0, 0.05) is 31.5 Å². The maximum absolute atomic E-state index is 12.3. The molecule has 2 rings (SSSR count). The molecular formula is C20H30N2O3. The van der Waals surface area contributed by atoms with Gasteiger partial charge in [0.15, 0.2) is 0 Å². The lowest BCUT2D eigenvalue weighted by Crippen LogP contribution is -2.42. The summed E-state index contributed by atoms with van der Waals surface area (Å²) in [6.45, 7) is 7.27. The minimum absolute atomic E-state index is 0.0370. The van der Waals surface area contributed by atoms with Gasteiger partial charge >= 0.3 is 0 Å². The topological polar surface area (TPSA) is 69.6 Å². The summed E-state index contributed by atoms with van der Waals surface area (Å²) >= 11 is 0. The van der Waals surface area contributed by atoms with Crippen molar-refractivity contribution in [1.82, 2.24) is 10.2 Å². The number of likely N-dealkylation sites (tertiary alicyclic amines) is 1. The van der Waals surface area contributed by atoms with Gasteiger partial charge in [-0.2, -0.15) is 0 Å². The van der Waals surface area contributed by atoms with Crippen LogP contribution in [0.2, 0.25) is 0 Å². The highest BCUT2D eigenvalue weighted by molar-refractivity contribution is 5.82. The molecule has 0 aliphatic carbocycles. The van der Waals surface area contributed by atoms with Gasteiger partial charge in [0.05, 0.1) is 6.10 Å². The fourth-order valence-corrected chi connectivity index (χ4v) is 3.09. The first-order valence-corrected chi connectivity index (χ1v) is 9.08. The van der Waals surface area contributed by atoms with Gasteiger partial charge in [0.1, 0.15) is 0 Å². The zero-order valence-corrected chi connectivity index (χ0v) is 15.5. The summed E-state index contributed by atoms with van der Waals surface area (Å²) in [5.41, 5.74) is 0.506. The molecule has 1 fully saturated rings. The van der Waals surface area contributed by atoms with E-state index in [2.05, 4.69) is 5.32 Å². The van der Waals surface area contributed by atoms with Crippen LogP contribution in [-0.4, -0.2) is 41.5 Å². The second-order valence-electron chi connectivity index (χ2n) is 7.83. The Kier molecular flexibility index (Phi) is 6.59. The Morgan fingerprint density at radius 2 is 1.80 bits per heavy atom. The molecule has 5 heteroatoms. The lowest BCUT2D eigenvalue weighted by atomic mass is 9.87. The van der Waals surface area contributed by atoms with Crippen molar-refractivity contribution in [1.29, 1.82) is 0 Å². The van der Waals surface area contributed by atoms with Crippen LogP contribution in [0, 0.1) is 11.3 Å². The van der Waals surface area contributed by atoms with E-state index in [1.54, 1.807) is 0 Å². The molecule has 25 heavy (non-hydrogen) atoms. The van der Waals surface area contributed by atoms with Crippen molar-refractivity contribution in [2.75, 3.05) is 19.6 Å². The molecule has 1 atom stereocenters. The van der Waals surface area contributed by atoms with Crippen LogP contribution < -0.4 is 5.32 Å². The normalized spacial score (nSPS) is 17.2. The first-order valence-electron chi connectivity index (χ1n) is 9.08. The van der Waals surface area contributed by atoms with Gasteiger partial charge in [0.2, 0.25) is 11.8 Å². The average molecular weight is 346 g/mol. The van der Waals surface area contributed by atoms with E-state index in [1.807, 2.05) is 56.0 Å². The molecule has 1 saturated heterocycles. The third kappa shape index (κ3) is 5.56. The molecule has 2 N–H and O–H groups in total. The summed E-state index contributed by atoms with van der Waals surface area (Å²) in [4.78, 5) is 25.9. The van der Waals surface area contributed by atoms with Crippen molar-refractivity contribution < 1.29 is 14.7 Å². The van der Waals surface area contributed by atoms with Crippen LogP contribution in [0.1, 0.15) is 51.7 Å². The summed E-state index contributed by atoms with van der Waals surface area (Å²) < 4.78 is 0. The minimum Gasteiger partial charge on any atom is -0.388 e. The number of rotatable bonds is 5. The van der Waals surface area contributed by atoms with Crippen LogP contribution in [-0.2, 0) is 9.59 Å². The predicted molar refractivity (Wildman–Crippen MR) is 97.8 cm³/mol. The van der Waals surface area contributed by atoms with E-state index in [0.717, 1.165) is 18.4 Å². The number of aliphatic hydroxyl groups excluding tert-OH is 1. The highest BCUT2D eigenvalue weighted by Crippen LogP contribution is 2.30. The molecule has 0 spiro atoms. The molecule has 1 aliphatic heterocycles. The third-order valence-electron chi connectivity index (χ3n) is 4.79. The van der Waals surface area contributed by atoms with Crippen LogP contribution in [0.15, 0.2) is 30.3 Å². The van der Waals surface area contributed by atoms with E-state index >= 15 is 0 Å². The number of aliphatic hydroxyl groups is 1. The van der Waals surface area contributed by atoms with E-state index in [1.165, 1.54) is 0 Å². The zero-order chi connectivity index (χ0) is 18.4. The second kappa shape index (κ2) is 8.48. The molecule has 1 aromatic rings. The number of carbonyl (C=O) groups excluding carboxylic acids is 2. The first-order chi connectivity index (χ1) is 11.8. The largest absolute Gasteiger partial charge is 0.388 e. The van der Waals surface area contributed by atoms with Crippen molar-refractivity contribution >= 4 is 11.8 Å². The molecule has 1 unspecified atom stereocenters. The monoisotopic (exact) mass is 346 g/mol. The number of carbonyl (C=O) groups is 2. The number of hydrogen-bond donors (Lipinski definition) is 2. The number of hydrogen-bond acceptors (Lipinski definition) is 3. The fourth-order valence-electron chi connectivity index (χ4n) is 3.09. The summed E-state index contributed by atoms with van der Waals surface area (Å²) in [5.74, 6) is 0.221. The Bertz CT molecular complexity index is 572. The van der Waals surface area contributed by atoms with Crippen LogP contribution >= 0.6 is 0 Å². The number of nitrogens with one attached hydrogen (secondary N) is 1. The molecule has 0 bridgehead atoms. The molecule has 0 saturated carbocycles. The van der Waals surface area contributed by atoms with Crippen molar-refractivity contribution in [3.8, 4) is 0 Å². The van der Waals surface area contributed by atoms with Crippen molar-refractivity contribution in [2.45, 2.75) is 46.1 Å². The quantitative estimate of drug-likeness (QED) is 0.861. The fraction of sp³-hybridized carbons (Fsp3) is 0.600. The molecule has 138 valence electrons. The zero-order valence-electron chi connectivity index (χ0n) is 15.5. The van der Waals surface area contributed by atoms with Gasteiger partial charge < -0.3 is 15.3 Å². The van der Waals surface area contributed by atoms with Gasteiger partial charge in [-0.05, 0) is 24.3 Å². The smallest absolute Gasteiger partial charge is 0.225 e. The maximum atomic E-state index is 12.3. The molecule has 1 heterocycles. The lowest BCUT2D eigenvalue weighted by Gasteiger charge is -2.34. The summed E-state index contributed by atoms with van der Waals surface area (Å²) in [7, 11) is 0. The SMILES string of the molecule is CC(C)(C)C(=O)NCCC(=O)N1CCC(C(O)c2ccccc2)CC1.